The molecule has 0 unspecified atom stereocenters. The van der Waals surface area contributed by atoms with Gasteiger partial charge in [-0.2, -0.15) is 0 Å². The van der Waals surface area contributed by atoms with Crippen molar-refractivity contribution >= 4 is 16.8 Å². The van der Waals surface area contributed by atoms with Crippen LogP contribution in [-0.4, -0.2) is 34.2 Å². The van der Waals surface area contributed by atoms with Crippen LogP contribution in [0.25, 0.3) is 11.1 Å². The Labute approximate surface area is 112 Å². The maximum absolute atomic E-state index is 9.15. The van der Waals surface area contributed by atoms with E-state index >= 15 is 0 Å². The first-order valence-corrected chi connectivity index (χ1v) is 6.77. The van der Waals surface area contributed by atoms with Gasteiger partial charge < -0.3 is 15.3 Å². The molecule has 102 valence electrons. The summed E-state index contributed by atoms with van der Waals surface area (Å²) in [6.45, 7) is 1.47. The summed E-state index contributed by atoms with van der Waals surface area (Å²) in [5.41, 5.74) is 7.98. The second kappa shape index (κ2) is 5.19. The number of fused-ring (bicyclic) bond motifs is 1. The number of hydrogen-bond acceptors (Lipinski definition) is 5. The summed E-state index contributed by atoms with van der Waals surface area (Å²) in [6.07, 6.45) is 3.66. The molecule has 0 bridgehead atoms. The van der Waals surface area contributed by atoms with E-state index in [9.17, 15) is 0 Å². The van der Waals surface area contributed by atoms with E-state index in [-0.39, 0.29) is 6.61 Å². The third kappa shape index (κ3) is 2.43. The monoisotopic (exact) mass is 261 g/mol. The number of aliphatic hydroxyl groups excluding tert-OH is 1. The zero-order valence-electron chi connectivity index (χ0n) is 10.9. The molecule has 0 saturated heterocycles. The molecule has 19 heavy (non-hydrogen) atoms. The van der Waals surface area contributed by atoms with Crippen molar-refractivity contribution in [2.45, 2.75) is 31.8 Å². The molecule has 5 heteroatoms. The second-order valence-corrected chi connectivity index (χ2v) is 5.08. The molecule has 0 atom stereocenters. The lowest BCUT2D eigenvalue weighted by molar-refractivity contribution is 0.0867. The van der Waals surface area contributed by atoms with Gasteiger partial charge in [0.05, 0.1) is 18.8 Å². The number of nitrogen functional groups attached to an aromatic ring is 1. The number of hydrogen-bond donors (Lipinski definition) is 2. The van der Waals surface area contributed by atoms with E-state index in [1.54, 1.807) is 0 Å². The summed E-state index contributed by atoms with van der Waals surface area (Å²) >= 11 is 0. The summed E-state index contributed by atoms with van der Waals surface area (Å²) in [4.78, 5) is 6.70. The van der Waals surface area contributed by atoms with Gasteiger partial charge in [0.15, 0.2) is 5.58 Å². The number of nitrogens with zero attached hydrogens (tertiary/aromatic N) is 2. The number of benzene rings is 1. The molecule has 2 aromatic rings. The molecule has 0 aliphatic heterocycles. The third-order valence-electron chi connectivity index (χ3n) is 3.81. The maximum Gasteiger partial charge on any atom is 0.209 e. The molecule has 0 spiro atoms. The van der Waals surface area contributed by atoms with Crippen molar-refractivity contribution in [3.63, 3.8) is 0 Å². The van der Waals surface area contributed by atoms with Crippen LogP contribution in [0.15, 0.2) is 22.6 Å². The van der Waals surface area contributed by atoms with E-state index in [2.05, 4.69) is 9.88 Å². The fourth-order valence-corrected chi connectivity index (χ4v) is 2.53. The standard InChI is InChI=1S/C14H19N3O2/c15-11-5-2-6-12-14(11)16-13(19-12)9-17(7-8-18)10-3-1-4-10/h2,5-6,10,18H,1,3-4,7-9,15H2. The number of anilines is 1. The number of para-hydroxylation sites is 1. The first-order chi connectivity index (χ1) is 9.28. The van der Waals surface area contributed by atoms with Gasteiger partial charge in [0.2, 0.25) is 5.89 Å². The summed E-state index contributed by atoms with van der Waals surface area (Å²) in [5.74, 6) is 0.674. The lowest BCUT2D eigenvalue weighted by Crippen LogP contribution is -2.41. The van der Waals surface area contributed by atoms with Crippen LogP contribution < -0.4 is 5.73 Å². The molecule has 0 amide bonds. The van der Waals surface area contributed by atoms with Crippen LogP contribution in [-0.2, 0) is 6.54 Å². The fourth-order valence-electron chi connectivity index (χ4n) is 2.53. The lowest BCUT2D eigenvalue weighted by atomic mass is 9.91. The minimum atomic E-state index is 0.166. The number of aromatic nitrogens is 1. The van der Waals surface area contributed by atoms with Crippen molar-refractivity contribution in [1.29, 1.82) is 0 Å². The van der Waals surface area contributed by atoms with E-state index in [1.165, 1.54) is 19.3 Å². The second-order valence-electron chi connectivity index (χ2n) is 5.08. The molecule has 1 saturated carbocycles. The normalized spacial score (nSPS) is 16.1. The Morgan fingerprint density at radius 2 is 2.26 bits per heavy atom. The van der Waals surface area contributed by atoms with E-state index < -0.39 is 0 Å². The highest BCUT2D eigenvalue weighted by molar-refractivity contribution is 5.85. The number of rotatable bonds is 5. The highest BCUT2D eigenvalue weighted by Crippen LogP contribution is 2.27. The van der Waals surface area contributed by atoms with E-state index in [4.69, 9.17) is 15.3 Å². The number of nitrogens with two attached hydrogens (primary N) is 1. The Kier molecular flexibility index (Phi) is 3.40. The Bertz CT molecular complexity index is 563. The lowest BCUT2D eigenvalue weighted by Gasteiger charge is -2.36. The zero-order chi connectivity index (χ0) is 13.2. The SMILES string of the molecule is Nc1cccc2oc(CN(CCO)C3CCC3)nc12. The predicted molar refractivity (Wildman–Crippen MR) is 73.6 cm³/mol. The van der Waals surface area contributed by atoms with Crippen LogP contribution in [0.1, 0.15) is 25.2 Å². The van der Waals surface area contributed by atoms with E-state index in [0.717, 1.165) is 11.1 Å². The van der Waals surface area contributed by atoms with Crippen molar-refractivity contribution in [3.05, 3.63) is 24.1 Å². The van der Waals surface area contributed by atoms with Crippen LogP contribution in [0.4, 0.5) is 5.69 Å². The molecule has 1 aromatic heterocycles. The van der Waals surface area contributed by atoms with Gasteiger partial charge >= 0.3 is 0 Å². The van der Waals surface area contributed by atoms with Crippen molar-refractivity contribution in [2.75, 3.05) is 18.9 Å². The fraction of sp³-hybridized carbons (Fsp3) is 0.500. The van der Waals surface area contributed by atoms with Gasteiger partial charge in [-0.3, -0.25) is 4.90 Å². The summed E-state index contributed by atoms with van der Waals surface area (Å²) in [6, 6.07) is 6.12. The van der Waals surface area contributed by atoms with Crippen LogP contribution in [0, 0.1) is 0 Å². The first kappa shape index (κ1) is 12.4. The van der Waals surface area contributed by atoms with Gasteiger partial charge in [-0.1, -0.05) is 12.5 Å². The molecule has 1 aromatic carbocycles. The van der Waals surface area contributed by atoms with Crippen LogP contribution in [0.3, 0.4) is 0 Å². The Morgan fingerprint density at radius 1 is 1.42 bits per heavy atom. The largest absolute Gasteiger partial charge is 0.439 e. The van der Waals surface area contributed by atoms with Crippen molar-refractivity contribution < 1.29 is 9.52 Å². The molecule has 1 aliphatic rings. The van der Waals surface area contributed by atoms with Gasteiger partial charge in [0, 0.05) is 12.6 Å². The summed E-state index contributed by atoms with van der Waals surface area (Å²) in [7, 11) is 0. The van der Waals surface area contributed by atoms with Crippen molar-refractivity contribution in [2.24, 2.45) is 0 Å². The van der Waals surface area contributed by atoms with Gasteiger partial charge in [-0.05, 0) is 25.0 Å². The summed E-state index contributed by atoms with van der Waals surface area (Å²) in [5, 5.41) is 9.15. The highest BCUT2D eigenvalue weighted by atomic mass is 16.3. The van der Waals surface area contributed by atoms with E-state index in [0.29, 0.717) is 30.7 Å². The summed E-state index contributed by atoms with van der Waals surface area (Å²) < 4.78 is 5.73. The molecular weight excluding hydrogens is 242 g/mol. The van der Waals surface area contributed by atoms with Gasteiger partial charge in [-0.15, -0.1) is 0 Å². The molecule has 1 heterocycles. The molecule has 3 N–H and O–H groups in total. The molecule has 3 rings (SSSR count). The quantitative estimate of drug-likeness (QED) is 0.802. The number of aliphatic hydroxyl groups is 1. The average molecular weight is 261 g/mol. The zero-order valence-corrected chi connectivity index (χ0v) is 10.9. The molecular formula is C14H19N3O2. The van der Waals surface area contributed by atoms with Gasteiger partial charge in [-0.25, -0.2) is 4.98 Å². The van der Waals surface area contributed by atoms with Crippen LogP contribution in [0.2, 0.25) is 0 Å². The smallest absolute Gasteiger partial charge is 0.209 e. The first-order valence-electron chi connectivity index (χ1n) is 6.77. The molecule has 1 fully saturated rings. The Balaban J connectivity index is 1.80. The van der Waals surface area contributed by atoms with Gasteiger partial charge in [0.1, 0.15) is 5.52 Å². The Hall–Kier alpha value is -1.59. The third-order valence-corrected chi connectivity index (χ3v) is 3.81. The number of oxazole rings is 1. The minimum Gasteiger partial charge on any atom is -0.439 e. The minimum absolute atomic E-state index is 0.166. The van der Waals surface area contributed by atoms with Crippen molar-refractivity contribution in [1.82, 2.24) is 9.88 Å². The van der Waals surface area contributed by atoms with Crippen LogP contribution in [0.5, 0.6) is 0 Å². The van der Waals surface area contributed by atoms with Crippen LogP contribution >= 0.6 is 0 Å². The Morgan fingerprint density at radius 3 is 2.89 bits per heavy atom. The predicted octanol–water partition coefficient (Wildman–Crippen LogP) is 1.76. The average Bonchev–Trinajstić information content (AvgIpc) is 2.71. The molecule has 0 radical (unpaired) electrons. The van der Waals surface area contributed by atoms with E-state index in [1.807, 2.05) is 18.2 Å². The molecule has 5 nitrogen and oxygen atoms in total. The maximum atomic E-state index is 9.15. The molecule has 1 aliphatic carbocycles. The highest BCUT2D eigenvalue weighted by Gasteiger charge is 2.25. The topological polar surface area (TPSA) is 75.5 Å². The van der Waals surface area contributed by atoms with Crippen molar-refractivity contribution in [3.8, 4) is 0 Å². The van der Waals surface area contributed by atoms with Gasteiger partial charge in [0.25, 0.3) is 0 Å².